The molecule has 41 heavy (non-hydrogen) atoms. The fraction of sp³-hybridized carbons (Fsp3) is 0.538. The molecule has 0 heterocycles. The summed E-state index contributed by atoms with van der Waals surface area (Å²) in [6.07, 6.45) is -11.3. The monoisotopic (exact) mass is 602 g/mol. The highest BCUT2D eigenvalue weighted by Crippen LogP contribution is 2.24. The summed E-state index contributed by atoms with van der Waals surface area (Å²) in [6.45, 7) is 0.982. The number of aliphatic hydroxyl groups excluding tert-OH is 2. The molecule has 0 saturated heterocycles. The Morgan fingerprint density at radius 3 is 1.15 bits per heavy atom. The van der Waals surface area contributed by atoms with Gasteiger partial charge in [-0.3, -0.25) is 0 Å². The summed E-state index contributed by atoms with van der Waals surface area (Å²) < 4.78 is 107. The number of ether oxygens (including phenoxy) is 7. The molecule has 2 rings (SSSR count). The first-order valence-electron chi connectivity index (χ1n) is 12.3. The lowest BCUT2D eigenvalue weighted by Gasteiger charge is -2.13. The van der Waals surface area contributed by atoms with Crippen LogP contribution in [-0.4, -0.2) is 88.0 Å². The molecule has 2 atom stereocenters. The van der Waals surface area contributed by atoms with Crippen LogP contribution in [0.25, 0.3) is 0 Å². The Morgan fingerprint density at radius 1 is 0.488 bits per heavy atom. The largest absolute Gasteiger partial charge is 0.573 e. The number of hydrogen-bond donors (Lipinski definition) is 2. The third kappa shape index (κ3) is 17.7. The van der Waals surface area contributed by atoms with Crippen LogP contribution < -0.4 is 9.47 Å². The topological polar surface area (TPSA) is 105 Å². The van der Waals surface area contributed by atoms with Gasteiger partial charge in [-0.2, -0.15) is 0 Å². The summed E-state index contributed by atoms with van der Waals surface area (Å²) in [7, 11) is 0. The number of benzene rings is 2. The van der Waals surface area contributed by atoms with Gasteiger partial charge < -0.3 is 43.4 Å². The molecule has 9 nitrogen and oxygen atoms in total. The molecule has 0 fully saturated rings. The van der Waals surface area contributed by atoms with Crippen molar-refractivity contribution >= 4 is 0 Å². The van der Waals surface area contributed by atoms with Crippen molar-refractivity contribution in [1.82, 2.24) is 0 Å². The second kappa shape index (κ2) is 18.0. The predicted molar refractivity (Wildman–Crippen MR) is 130 cm³/mol. The molecule has 2 N–H and O–H groups in total. The zero-order valence-electron chi connectivity index (χ0n) is 21.9. The van der Waals surface area contributed by atoms with Crippen LogP contribution >= 0.6 is 0 Å². The van der Waals surface area contributed by atoms with Gasteiger partial charge in [0.25, 0.3) is 0 Å². The van der Waals surface area contributed by atoms with Crippen molar-refractivity contribution in [3.8, 4) is 11.5 Å². The Balaban J connectivity index is 1.40. The number of alkyl halides is 6. The predicted octanol–water partition coefficient (Wildman–Crippen LogP) is 3.99. The van der Waals surface area contributed by atoms with Crippen LogP contribution in [0, 0.1) is 0 Å². The van der Waals surface area contributed by atoms with Gasteiger partial charge in [0.1, 0.15) is 23.7 Å². The van der Waals surface area contributed by atoms with Gasteiger partial charge in [-0.15, -0.1) is 26.3 Å². The summed E-state index contributed by atoms with van der Waals surface area (Å²) in [5.74, 6) is -0.672. The van der Waals surface area contributed by atoms with E-state index in [1.807, 2.05) is 0 Å². The Kier molecular flexibility index (Phi) is 15.2. The highest BCUT2D eigenvalue weighted by molar-refractivity contribution is 5.27. The van der Waals surface area contributed by atoms with E-state index in [-0.39, 0.29) is 77.6 Å². The minimum atomic E-state index is -4.76. The summed E-state index contributed by atoms with van der Waals surface area (Å²) in [5, 5.41) is 19.7. The SMILES string of the molecule is OC(COCCOCCOCC(O)COCc1ccc(OC(F)(F)F)cc1)COCc1ccc(OC(F)(F)F)cc1. The van der Waals surface area contributed by atoms with Gasteiger partial charge in [0.15, 0.2) is 0 Å². The Hall–Kier alpha value is -2.66. The first-order valence-corrected chi connectivity index (χ1v) is 12.3. The van der Waals surface area contributed by atoms with Crippen LogP contribution in [0.5, 0.6) is 11.5 Å². The zero-order chi connectivity index (χ0) is 30.1. The Labute approximate surface area is 232 Å². The van der Waals surface area contributed by atoms with Crippen molar-refractivity contribution in [3.05, 3.63) is 59.7 Å². The van der Waals surface area contributed by atoms with Gasteiger partial charge in [-0.1, -0.05) is 24.3 Å². The quantitative estimate of drug-likeness (QED) is 0.172. The molecule has 0 radical (unpaired) electrons. The standard InChI is InChI=1S/C26H32F6O9/c27-25(28,29)40-23-5-1-19(2-6-23)13-38-17-21(33)15-36-11-9-35-10-12-37-16-22(34)18-39-14-20-3-7-24(8-4-20)41-26(30,31)32/h1-8,21-22,33-34H,9-18H2. The van der Waals surface area contributed by atoms with E-state index in [1.54, 1.807) is 0 Å². The maximum Gasteiger partial charge on any atom is 0.573 e. The molecular formula is C26H32F6O9. The highest BCUT2D eigenvalue weighted by atomic mass is 19.4. The Morgan fingerprint density at radius 2 is 0.805 bits per heavy atom. The van der Waals surface area contributed by atoms with E-state index in [0.29, 0.717) is 11.1 Å². The van der Waals surface area contributed by atoms with E-state index in [2.05, 4.69) is 9.47 Å². The number of aliphatic hydroxyl groups is 2. The molecule has 2 aromatic rings. The molecule has 232 valence electrons. The zero-order valence-corrected chi connectivity index (χ0v) is 21.9. The molecule has 0 bridgehead atoms. The third-order valence-electron chi connectivity index (χ3n) is 4.84. The summed E-state index contributed by atoms with van der Waals surface area (Å²) in [5.41, 5.74) is 1.21. The second-order valence-corrected chi connectivity index (χ2v) is 8.48. The van der Waals surface area contributed by atoms with Crippen molar-refractivity contribution in [1.29, 1.82) is 0 Å². The minimum absolute atomic E-state index is 0.00407. The fourth-order valence-corrected chi connectivity index (χ4v) is 3.07. The van der Waals surface area contributed by atoms with Gasteiger partial charge in [0.2, 0.25) is 0 Å². The van der Waals surface area contributed by atoms with Crippen LogP contribution in [0.1, 0.15) is 11.1 Å². The maximum absolute atomic E-state index is 12.2. The smallest absolute Gasteiger partial charge is 0.406 e. The van der Waals surface area contributed by atoms with Gasteiger partial charge in [0, 0.05) is 0 Å². The number of halogens is 6. The van der Waals surface area contributed by atoms with Crippen molar-refractivity contribution in [3.63, 3.8) is 0 Å². The molecule has 0 aliphatic carbocycles. The van der Waals surface area contributed by atoms with Crippen LogP contribution in [-0.2, 0) is 36.9 Å². The molecule has 0 aromatic heterocycles. The van der Waals surface area contributed by atoms with Crippen LogP contribution in [0.4, 0.5) is 26.3 Å². The van der Waals surface area contributed by atoms with Gasteiger partial charge in [0.05, 0.1) is 66.1 Å². The molecule has 15 heteroatoms. The maximum atomic E-state index is 12.2. The van der Waals surface area contributed by atoms with Crippen molar-refractivity contribution in [2.45, 2.75) is 38.1 Å². The molecule has 2 unspecified atom stereocenters. The van der Waals surface area contributed by atoms with E-state index >= 15 is 0 Å². The molecule has 0 aliphatic rings. The summed E-state index contributed by atoms with van der Waals surface area (Å²) >= 11 is 0. The third-order valence-corrected chi connectivity index (χ3v) is 4.84. The number of rotatable bonds is 20. The Bertz CT molecular complexity index is 878. The second-order valence-electron chi connectivity index (χ2n) is 8.48. The lowest BCUT2D eigenvalue weighted by Crippen LogP contribution is -2.24. The molecule has 0 saturated carbocycles. The average Bonchev–Trinajstić information content (AvgIpc) is 2.88. The van der Waals surface area contributed by atoms with Crippen LogP contribution in [0.3, 0.4) is 0 Å². The van der Waals surface area contributed by atoms with E-state index in [1.165, 1.54) is 48.5 Å². The van der Waals surface area contributed by atoms with Crippen molar-refractivity contribution in [2.75, 3.05) is 52.9 Å². The fourth-order valence-electron chi connectivity index (χ4n) is 3.07. The van der Waals surface area contributed by atoms with E-state index in [4.69, 9.17) is 23.7 Å². The summed E-state index contributed by atoms with van der Waals surface area (Å²) in [6, 6.07) is 10.4. The van der Waals surface area contributed by atoms with E-state index < -0.39 is 24.9 Å². The highest BCUT2D eigenvalue weighted by Gasteiger charge is 2.31. The minimum Gasteiger partial charge on any atom is -0.406 e. The molecule has 0 aliphatic heterocycles. The van der Waals surface area contributed by atoms with Crippen LogP contribution in [0.2, 0.25) is 0 Å². The van der Waals surface area contributed by atoms with Gasteiger partial charge in [-0.25, -0.2) is 0 Å². The van der Waals surface area contributed by atoms with Gasteiger partial charge >= 0.3 is 12.7 Å². The average molecular weight is 603 g/mol. The lowest BCUT2D eigenvalue weighted by atomic mass is 10.2. The van der Waals surface area contributed by atoms with E-state index in [0.717, 1.165) is 0 Å². The number of hydrogen-bond acceptors (Lipinski definition) is 9. The normalized spacial score (nSPS) is 13.7. The first-order chi connectivity index (χ1) is 19.4. The van der Waals surface area contributed by atoms with Crippen LogP contribution in [0.15, 0.2) is 48.5 Å². The first kappa shape index (κ1) is 34.5. The van der Waals surface area contributed by atoms with Crippen molar-refractivity contribution < 1.29 is 69.7 Å². The van der Waals surface area contributed by atoms with Crippen molar-refractivity contribution in [2.24, 2.45) is 0 Å². The molecule has 0 spiro atoms. The molecule has 2 aromatic carbocycles. The van der Waals surface area contributed by atoms with Gasteiger partial charge in [-0.05, 0) is 35.4 Å². The molecular weight excluding hydrogens is 570 g/mol. The van der Waals surface area contributed by atoms with E-state index in [9.17, 15) is 36.6 Å². The lowest BCUT2D eigenvalue weighted by molar-refractivity contribution is -0.275. The summed E-state index contributed by atoms with van der Waals surface area (Å²) in [4.78, 5) is 0. The molecule has 0 amide bonds.